The third kappa shape index (κ3) is 2.74. The molecule has 0 saturated heterocycles. The first kappa shape index (κ1) is 15.1. The van der Waals surface area contributed by atoms with Crippen molar-refractivity contribution in [2.24, 2.45) is 0 Å². The first-order chi connectivity index (χ1) is 11.6. The van der Waals surface area contributed by atoms with Gasteiger partial charge in [-0.2, -0.15) is 5.10 Å². The average molecular weight is 319 g/mol. The van der Waals surface area contributed by atoms with Gasteiger partial charge in [0, 0.05) is 5.92 Å². The number of aryl methyl sites for hydroxylation is 2. The van der Waals surface area contributed by atoms with E-state index in [9.17, 15) is 5.11 Å². The zero-order valence-corrected chi connectivity index (χ0v) is 14.0. The Morgan fingerprint density at radius 3 is 2.46 bits per heavy atom. The molecule has 1 aliphatic rings. The molecule has 122 valence electrons. The summed E-state index contributed by atoms with van der Waals surface area (Å²) >= 11 is 0. The van der Waals surface area contributed by atoms with Gasteiger partial charge in [-0.15, -0.1) is 0 Å². The number of rotatable bonds is 4. The molecule has 1 saturated carbocycles. The van der Waals surface area contributed by atoms with E-state index < -0.39 is 6.10 Å². The van der Waals surface area contributed by atoms with Crippen LogP contribution in [0.2, 0.25) is 0 Å². The van der Waals surface area contributed by atoms with E-state index in [2.05, 4.69) is 31.0 Å². The summed E-state index contributed by atoms with van der Waals surface area (Å²) in [5.41, 5.74) is 4.22. The molecule has 2 aromatic carbocycles. The highest BCUT2D eigenvalue weighted by Crippen LogP contribution is 2.39. The lowest BCUT2D eigenvalue weighted by molar-refractivity contribution is 0.207. The fourth-order valence-corrected chi connectivity index (χ4v) is 2.86. The minimum atomic E-state index is -0.784. The number of hydrogen-bond acceptors (Lipinski definition) is 3. The summed E-state index contributed by atoms with van der Waals surface area (Å²) in [6, 6.07) is 15.9. The van der Waals surface area contributed by atoms with Crippen molar-refractivity contribution >= 4 is 0 Å². The molecule has 1 atom stereocenters. The maximum atomic E-state index is 10.9. The largest absolute Gasteiger partial charge is 0.380 e. The van der Waals surface area contributed by atoms with Crippen LogP contribution in [-0.2, 0) is 0 Å². The second-order valence-electron chi connectivity index (χ2n) is 6.60. The van der Waals surface area contributed by atoms with E-state index in [0.29, 0.717) is 11.7 Å². The highest BCUT2D eigenvalue weighted by atomic mass is 16.3. The molecule has 3 aromatic rings. The molecule has 0 aliphatic heterocycles. The summed E-state index contributed by atoms with van der Waals surface area (Å²) in [6.45, 7) is 4.18. The number of aliphatic hydroxyl groups excluding tert-OH is 1. The fourth-order valence-electron chi connectivity index (χ4n) is 2.86. The van der Waals surface area contributed by atoms with Crippen molar-refractivity contribution in [3.63, 3.8) is 0 Å². The summed E-state index contributed by atoms with van der Waals surface area (Å²) in [5, 5.41) is 15.6. The second-order valence-corrected chi connectivity index (χ2v) is 6.60. The summed E-state index contributed by atoms with van der Waals surface area (Å²) in [6.07, 6.45) is 1.49. The van der Waals surface area contributed by atoms with Crippen molar-refractivity contribution in [3.8, 4) is 5.69 Å². The Bertz CT molecular complexity index is 866. The number of nitrogens with zero attached hydrogens (tertiary/aromatic N) is 3. The Balaban J connectivity index is 1.81. The number of benzene rings is 2. The van der Waals surface area contributed by atoms with Gasteiger partial charge in [-0.3, -0.25) is 0 Å². The first-order valence-corrected chi connectivity index (χ1v) is 8.41. The SMILES string of the molecule is Cc1ccc(-n2nc(C3CC3)nc2[C@H](O)c2ccccc2)cc1C. The van der Waals surface area contributed by atoms with Gasteiger partial charge in [-0.05, 0) is 55.5 Å². The van der Waals surface area contributed by atoms with E-state index in [1.807, 2.05) is 36.4 Å². The van der Waals surface area contributed by atoms with Crippen LogP contribution in [0.4, 0.5) is 0 Å². The lowest BCUT2D eigenvalue weighted by Gasteiger charge is -2.13. The predicted molar refractivity (Wildman–Crippen MR) is 93.3 cm³/mol. The monoisotopic (exact) mass is 319 g/mol. The predicted octanol–water partition coefficient (Wildman–Crippen LogP) is 3.84. The quantitative estimate of drug-likeness (QED) is 0.795. The molecule has 1 aliphatic carbocycles. The zero-order valence-electron chi connectivity index (χ0n) is 14.0. The van der Waals surface area contributed by atoms with Gasteiger partial charge in [-0.1, -0.05) is 36.4 Å². The minimum Gasteiger partial charge on any atom is -0.380 e. The second kappa shape index (κ2) is 5.87. The lowest BCUT2D eigenvalue weighted by Crippen LogP contribution is -2.10. The van der Waals surface area contributed by atoms with Gasteiger partial charge in [0.2, 0.25) is 0 Å². The van der Waals surface area contributed by atoms with E-state index in [0.717, 1.165) is 29.9 Å². The highest BCUT2D eigenvalue weighted by Gasteiger charge is 2.31. The lowest BCUT2D eigenvalue weighted by atomic mass is 10.1. The Morgan fingerprint density at radius 1 is 1.04 bits per heavy atom. The molecule has 4 nitrogen and oxygen atoms in total. The molecule has 4 rings (SSSR count). The van der Waals surface area contributed by atoms with Gasteiger partial charge in [0.1, 0.15) is 6.10 Å². The first-order valence-electron chi connectivity index (χ1n) is 8.41. The van der Waals surface area contributed by atoms with Crippen LogP contribution in [0, 0.1) is 13.8 Å². The van der Waals surface area contributed by atoms with Crippen LogP contribution >= 0.6 is 0 Å². The van der Waals surface area contributed by atoms with Crippen LogP contribution in [0.25, 0.3) is 5.69 Å². The standard InChI is InChI=1S/C20H21N3O/c1-13-8-11-17(12-14(13)2)23-20(21-19(22-23)16-9-10-16)18(24)15-6-4-3-5-7-15/h3-8,11-12,16,18,24H,9-10H2,1-2H3/t18-/m1/s1. The van der Waals surface area contributed by atoms with Crippen LogP contribution in [0.15, 0.2) is 48.5 Å². The van der Waals surface area contributed by atoms with Gasteiger partial charge in [0.05, 0.1) is 5.69 Å². The van der Waals surface area contributed by atoms with Crippen molar-refractivity contribution in [2.45, 2.75) is 38.7 Å². The normalized spacial score (nSPS) is 15.5. The van der Waals surface area contributed by atoms with E-state index in [-0.39, 0.29) is 0 Å². The van der Waals surface area contributed by atoms with Gasteiger partial charge < -0.3 is 5.11 Å². The Hall–Kier alpha value is -2.46. The van der Waals surface area contributed by atoms with Crippen LogP contribution in [-0.4, -0.2) is 19.9 Å². The van der Waals surface area contributed by atoms with Gasteiger partial charge in [-0.25, -0.2) is 9.67 Å². The summed E-state index contributed by atoms with van der Waals surface area (Å²) in [7, 11) is 0. The van der Waals surface area contributed by atoms with E-state index in [4.69, 9.17) is 5.10 Å². The van der Waals surface area contributed by atoms with Crippen molar-refractivity contribution < 1.29 is 5.11 Å². The molecule has 1 N–H and O–H groups in total. The molecule has 0 radical (unpaired) electrons. The van der Waals surface area contributed by atoms with Gasteiger partial charge in [0.15, 0.2) is 11.6 Å². The van der Waals surface area contributed by atoms with Crippen LogP contribution in [0.5, 0.6) is 0 Å². The van der Waals surface area contributed by atoms with Crippen LogP contribution in [0.1, 0.15) is 53.2 Å². The smallest absolute Gasteiger partial charge is 0.165 e. The summed E-state index contributed by atoms with van der Waals surface area (Å²) in [5.74, 6) is 1.88. The topological polar surface area (TPSA) is 50.9 Å². The highest BCUT2D eigenvalue weighted by molar-refractivity contribution is 5.40. The van der Waals surface area contributed by atoms with Crippen molar-refractivity contribution in [1.29, 1.82) is 0 Å². The molecule has 1 aromatic heterocycles. The maximum absolute atomic E-state index is 10.9. The number of aromatic nitrogens is 3. The molecule has 4 heteroatoms. The zero-order chi connectivity index (χ0) is 16.7. The molecule has 0 unspecified atom stereocenters. The third-order valence-corrected chi connectivity index (χ3v) is 4.69. The van der Waals surface area contributed by atoms with E-state index in [1.165, 1.54) is 11.1 Å². The average Bonchev–Trinajstić information content (AvgIpc) is 3.36. The number of hydrogen-bond donors (Lipinski definition) is 1. The molecule has 0 spiro atoms. The Morgan fingerprint density at radius 2 is 1.79 bits per heavy atom. The molecular weight excluding hydrogens is 298 g/mol. The molecule has 0 bridgehead atoms. The maximum Gasteiger partial charge on any atom is 0.165 e. The Labute approximate surface area is 141 Å². The molecule has 0 amide bonds. The van der Waals surface area contributed by atoms with Gasteiger partial charge in [0.25, 0.3) is 0 Å². The van der Waals surface area contributed by atoms with Crippen molar-refractivity contribution in [3.05, 3.63) is 76.9 Å². The van der Waals surface area contributed by atoms with E-state index in [1.54, 1.807) is 4.68 Å². The van der Waals surface area contributed by atoms with E-state index >= 15 is 0 Å². The Kier molecular flexibility index (Phi) is 3.69. The summed E-state index contributed by atoms with van der Waals surface area (Å²) in [4.78, 5) is 4.68. The minimum absolute atomic E-state index is 0.444. The summed E-state index contributed by atoms with van der Waals surface area (Å²) < 4.78 is 1.80. The fraction of sp³-hybridized carbons (Fsp3) is 0.300. The molecule has 1 fully saturated rings. The van der Waals surface area contributed by atoms with Crippen molar-refractivity contribution in [2.75, 3.05) is 0 Å². The van der Waals surface area contributed by atoms with Crippen LogP contribution < -0.4 is 0 Å². The van der Waals surface area contributed by atoms with Crippen molar-refractivity contribution in [1.82, 2.24) is 14.8 Å². The molecule has 24 heavy (non-hydrogen) atoms. The molecule has 1 heterocycles. The third-order valence-electron chi connectivity index (χ3n) is 4.69. The van der Waals surface area contributed by atoms with Gasteiger partial charge >= 0.3 is 0 Å². The molecular formula is C20H21N3O. The van der Waals surface area contributed by atoms with Crippen LogP contribution in [0.3, 0.4) is 0 Å². The number of aliphatic hydroxyl groups is 1.